The Balaban J connectivity index is 0.845. The van der Waals surface area contributed by atoms with Crippen LogP contribution in [0, 0.1) is 0 Å². The zero-order valence-corrected chi connectivity index (χ0v) is 47.8. The van der Waals surface area contributed by atoms with Crippen LogP contribution in [0.3, 0.4) is 0 Å². The first-order chi connectivity index (χ1) is 39.6. The van der Waals surface area contributed by atoms with Crippen molar-refractivity contribution in [2.45, 2.75) is 87.2 Å². The molecule has 23 nitrogen and oxygen atoms in total. The molecule has 0 saturated carbocycles. The molecule has 7 amide bonds. The molecule has 2 unspecified atom stereocenters. The quantitative estimate of drug-likeness (QED) is 0.0243. The summed E-state index contributed by atoms with van der Waals surface area (Å²) in [6, 6.07) is 19.9. The molecule has 4 aromatic heterocycles. The number of fused-ring (bicyclic) bond motifs is 1. The van der Waals surface area contributed by atoms with Gasteiger partial charge in [0.05, 0.1) is 35.2 Å². The number of aromatic nitrogens is 6. The van der Waals surface area contributed by atoms with Crippen molar-refractivity contribution in [1.82, 2.24) is 60.8 Å². The molecule has 0 spiro atoms. The van der Waals surface area contributed by atoms with Crippen molar-refractivity contribution in [3.63, 3.8) is 0 Å². The van der Waals surface area contributed by atoms with Crippen molar-refractivity contribution < 1.29 is 38.3 Å². The smallest absolute Gasteiger partial charge is 0.255 e. The van der Waals surface area contributed by atoms with Crippen molar-refractivity contribution in [3.05, 3.63) is 120 Å². The Morgan fingerprint density at radius 2 is 1.65 bits per heavy atom. The van der Waals surface area contributed by atoms with Gasteiger partial charge in [-0.15, -0.1) is 0 Å². The predicted molar refractivity (Wildman–Crippen MR) is 312 cm³/mol. The number of ether oxygens (including phenoxy) is 1. The molecular weight excluding hydrogens is 1090 g/mol. The average molecular weight is 1150 g/mol. The third-order valence-electron chi connectivity index (χ3n) is 14.3. The predicted octanol–water partition coefficient (Wildman–Crippen LogP) is 6.02. The minimum atomic E-state index is -0.906. The molecule has 428 valence electrons. The van der Waals surface area contributed by atoms with E-state index in [4.69, 9.17) is 4.74 Å². The van der Waals surface area contributed by atoms with E-state index in [1.165, 1.54) is 31.5 Å². The van der Waals surface area contributed by atoms with Crippen LogP contribution in [0.4, 0.5) is 28.7 Å². The summed E-state index contributed by atoms with van der Waals surface area (Å²) < 4.78 is 7.21. The van der Waals surface area contributed by atoms with E-state index in [0.29, 0.717) is 111 Å². The first-order valence-electron chi connectivity index (χ1n) is 27.0. The molecule has 2 aromatic carbocycles. The van der Waals surface area contributed by atoms with Gasteiger partial charge in [0.25, 0.3) is 17.7 Å². The molecule has 9 rings (SSSR count). The van der Waals surface area contributed by atoms with Gasteiger partial charge < -0.3 is 46.0 Å². The maximum atomic E-state index is 14.5. The SMILES string of the molecule is CNC(=O)c1cnc(Nc2ccc(C(=O)NC(CCCCNC(=O)CCC(C)(C)SSc3ccccn3)C(=O)N3CCN(c4cccc5c4CN(C4CCC(=O)NC4=O)C5=O)CC3)cn2)cc1Nc1cccc(-c2ncn(C)n2)c1OC. The number of piperidine rings is 1. The van der Waals surface area contributed by atoms with Gasteiger partial charge in [0.2, 0.25) is 23.6 Å². The largest absolute Gasteiger partial charge is 0.494 e. The fraction of sp³-hybridized carbons (Fsp3) is 0.368. The first kappa shape index (κ1) is 58.1. The first-order valence-corrected chi connectivity index (χ1v) is 29.1. The number of unbranched alkanes of at least 4 members (excludes halogenated alkanes) is 1. The maximum Gasteiger partial charge on any atom is 0.255 e. The minimum absolute atomic E-state index is 0.0620. The number of nitrogens with one attached hydrogen (secondary N) is 6. The Hall–Kier alpha value is -8.58. The highest BCUT2D eigenvalue weighted by Gasteiger charge is 2.41. The van der Waals surface area contributed by atoms with Crippen molar-refractivity contribution in [1.29, 1.82) is 0 Å². The third kappa shape index (κ3) is 14.1. The van der Waals surface area contributed by atoms with Crippen LogP contribution in [0.1, 0.15) is 95.4 Å². The number of methoxy groups -OCH3 is 1. The molecule has 0 radical (unpaired) electrons. The van der Waals surface area contributed by atoms with Crippen LogP contribution in [0.2, 0.25) is 0 Å². The number of pyridine rings is 3. The lowest BCUT2D eigenvalue weighted by Gasteiger charge is -2.38. The molecule has 0 aliphatic carbocycles. The molecule has 3 aliphatic heterocycles. The van der Waals surface area contributed by atoms with Crippen LogP contribution >= 0.6 is 21.6 Å². The number of nitrogens with zero attached hydrogens (tertiary/aromatic N) is 9. The Morgan fingerprint density at radius 1 is 0.854 bits per heavy atom. The van der Waals surface area contributed by atoms with Gasteiger partial charge in [-0.3, -0.25) is 43.6 Å². The Morgan fingerprint density at radius 3 is 2.37 bits per heavy atom. The zero-order chi connectivity index (χ0) is 57.9. The van der Waals surface area contributed by atoms with Crippen molar-refractivity contribution in [3.8, 4) is 17.1 Å². The van der Waals surface area contributed by atoms with Crippen LogP contribution in [0.15, 0.2) is 103 Å². The van der Waals surface area contributed by atoms with E-state index in [0.717, 1.165) is 16.3 Å². The number of imide groups is 1. The Bertz CT molecular complexity index is 3340. The maximum absolute atomic E-state index is 14.5. The van der Waals surface area contributed by atoms with Crippen LogP contribution < -0.4 is 41.5 Å². The van der Waals surface area contributed by atoms with E-state index in [9.17, 15) is 33.6 Å². The van der Waals surface area contributed by atoms with E-state index < -0.39 is 23.9 Å². The fourth-order valence-corrected chi connectivity index (χ4v) is 12.1. The van der Waals surface area contributed by atoms with Gasteiger partial charge in [0.1, 0.15) is 35.1 Å². The number of piperazine rings is 1. The second-order valence-electron chi connectivity index (χ2n) is 20.5. The molecule has 6 N–H and O–H groups in total. The van der Waals surface area contributed by atoms with Crippen molar-refractivity contribution >= 4 is 91.6 Å². The molecule has 25 heteroatoms. The fourth-order valence-electron chi connectivity index (χ4n) is 9.87. The van der Waals surface area contributed by atoms with Gasteiger partial charge in [0.15, 0.2) is 11.6 Å². The molecule has 0 bridgehead atoms. The normalized spacial score (nSPS) is 15.5. The van der Waals surface area contributed by atoms with Crippen molar-refractivity contribution in [2.75, 3.05) is 62.4 Å². The van der Waals surface area contributed by atoms with E-state index in [1.54, 1.807) is 81.1 Å². The summed E-state index contributed by atoms with van der Waals surface area (Å²) in [7, 11) is 8.09. The van der Waals surface area contributed by atoms with Gasteiger partial charge in [-0.25, -0.2) is 19.9 Å². The number of hydrogen-bond donors (Lipinski definition) is 6. The lowest BCUT2D eigenvalue weighted by molar-refractivity contribution is -0.137. The Labute approximate surface area is 482 Å². The number of benzene rings is 2. The number of carbonyl (C=O) groups excluding carboxylic acids is 7. The van der Waals surface area contributed by atoms with Crippen LogP contribution in [0.5, 0.6) is 5.75 Å². The summed E-state index contributed by atoms with van der Waals surface area (Å²) >= 11 is 0. The van der Waals surface area contributed by atoms with Crippen LogP contribution in [-0.4, -0.2) is 145 Å². The van der Waals surface area contributed by atoms with Gasteiger partial charge in [-0.1, -0.05) is 29.0 Å². The summed E-state index contributed by atoms with van der Waals surface area (Å²) in [6.45, 7) is 6.40. The number of anilines is 5. The van der Waals surface area contributed by atoms with E-state index in [2.05, 4.69) is 75.7 Å². The number of para-hydroxylation sites is 1. The summed E-state index contributed by atoms with van der Waals surface area (Å²) in [4.78, 5) is 116. The van der Waals surface area contributed by atoms with E-state index in [-0.39, 0.29) is 64.8 Å². The van der Waals surface area contributed by atoms with Gasteiger partial charge in [-0.2, -0.15) is 5.10 Å². The average Bonchev–Trinajstić information content (AvgIpc) is 3.80. The summed E-state index contributed by atoms with van der Waals surface area (Å²) in [5.74, 6) is -0.696. The lowest BCUT2D eigenvalue weighted by Crippen LogP contribution is -2.55. The van der Waals surface area contributed by atoms with Crippen LogP contribution in [-0.2, 0) is 32.8 Å². The minimum Gasteiger partial charge on any atom is -0.494 e. The number of hydrogen-bond acceptors (Lipinski definition) is 18. The molecule has 2 atom stereocenters. The summed E-state index contributed by atoms with van der Waals surface area (Å²) in [5.41, 5.74) is 4.18. The molecule has 82 heavy (non-hydrogen) atoms. The highest BCUT2D eigenvalue weighted by Crippen LogP contribution is 2.42. The number of rotatable bonds is 23. The van der Waals surface area contributed by atoms with Gasteiger partial charge in [0, 0.05) is 112 Å². The summed E-state index contributed by atoms with van der Waals surface area (Å²) in [6.07, 6.45) is 8.99. The molecular formula is C57H65N15O8S2. The standard InChI is InChI=1S/C57H65N15O8S2/c1-57(2,82-81-49-17-7-9-25-60-49)23-22-47(73)59-24-8-6-14-41(56(79)71-28-26-70(27-29-71)43-16-11-12-36-39(43)33-72(55(36)78)44-19-21-48(74)67-54(44)77)65-52(75)35-18-20-45(61-31-35)66-46-30-42(38(32-62-46)53(76)58-3)64-40-15-10-13-37(50(40)80-5)51-63-34-69(4)68-51/h7,9-13,15-18,20,25,30-32,34,41,44H,6,8,14,19,21-24,26-29,33H2,1-5H3,(H,58,76)(H,59,73)(H,65,75)(H,67,74,77)(H2,61,62,64,66). The summed E-state index contributed by atoms with van der Waals surface area (Å²) in [5, 5.41) is 22.8. The second-order valence-corrected chi connectivity index (χ2v) is 23.3. The highest BCUT2D eigenvalue weighted by molar-refractivity contribution is 8.77. The van der Waals surface area contributed by atoms with E-state index in [1.807, 2.05) is 42.5 Å². The molecule has 6 aromatic rings. The monoisotopic (exact) mass is 1150 g/mol. The second kappa shape index (κ2) is 26.3. The molecule has 3 aliphatic rings. The van der Waals surface area contributed by atoms with Gasteiger partial charge in [-0.05, 0) is 105 Å². The molecule has 2 fully saturated rings. The molecule has 2 saturated heterocycles. The number of carbonyl (C=O) groups is 7. The van der Waals surface area contributed by atoms with E-state index >= 15 is 0 Å². The number of aryl methyl sites for hydroxylation is 1. The number of amides is 7. The van der Waals surface area contributed by atoms with Gasteiger partial charge >= 0.3 is 0 Å². The Kier molecular flexibility index (Phi) is 18.7. The highest BCUT2D eigenvalue weighted by atomic mass is 33.1. The topological polar surface area (TPSA) is 280 Å². The lowest BCUT2D eigenvalue weighted by atomic mass is 10.0. The van der Waals surface area contributed by atoms with Crippen LogP contribution in [0.25, 0.3) is 11.4 Å². The van der Waals surface area contributed by atoms with Crippen molar-refractivity contribution in [2.24, 2.45) is 7.05 Å². The zero-order valence-electron chi connectivity index (χ0n) is 46.2. The molecule has 7 heterocycles. The third-order valence-corrected chi connectivity index (χ3v) is 17.5.